The Bertz CT molecular complexity index is 1430. The minimum absolute atomic E-state index is 0.0678. The maximum absolute atomic E-state index is 14.5. The lowest BCUT2D eigenvalue weighted by atomic mass is 9.78. The molecule has 268 valence electrons. The molecule has 3 saturated carbocycles. The smallest absolute Gasteiger partial charge is 0.315 e. The first kappa shape index (κ1) is 36.3. The van der Waals surface area contributed by atoms with Crippen molar-refractivity contribution in [3.05, 3.63) is 12.7 Å². The maximum Gasteiger partial charge on any atom is 0.315 e. The molecule has 0 aromatic rings. The minimum Gasteiger partial charge on any atom is -0.346 e. The number of fused-ring (bicyclic) bond motifs is 1. The number of amides is 5. The molecular weight excluding hydrogens is 634 g/mol. The number of likely N-dealkylation sites (tertiary alicyclic amines) is 1. The van der Waals surface area contributed by atoms with E-state index in [1.807, 2.05) is 20.8 Å². The van der Waals surface area contributed by atoms with Gasteiger partial charge in [0.1, 0.15) is 12.1 Å². The Balaban J connectivity index is 1.35. The topological polar surface area (TPSA) is 171 Å². The lowest BCUT2D eigenvalue weighted by Gasteiger charge is -2.43. The van der Waals surface area contributed by atoms with Crippen LogP contribution < -0.4 is 21.3 Å². The van der Waals surface area contributed by atoms with Crippen molar-refractivity contribution < 1.29 is 32.4 Å². The third kappa shape index (κ3) is 7.31. The molecule has 0 aromatic carbocycles. The van der Waals surface area contributed by atoms with Crippen molar-refractivity contribution >= 4 is 39.4 Å². The SMILES string of the molecule is C=CCNC(=O)C(=O)C(CC1CC1)NC(=O)C1[C@H]2C(CN1C(=O)[C@@H](NC(=O)NC1(C3CCCS3(=O)=O)CCCCC1)C(C)(C)C)C2(C)C. The predicted octanol–water partition coefficient (Wildman–Crippen LogP) is 2.62. The second-order valence-corrected chi connectivity index (χ2v) is 18.9. The molecule has 5 aliphatic rings. The molecule has 5 fully saturated rings. The largest absolute Gasteiger partial charge is 0.346 e. The van der Waals surface area contributed by atoms with Crippen LogP contribution >= 0.6 is 0 Å². The Kier molecular flexibility index (Phi) is 10.1. The van der Waals surface area contributed by atoms with Crippen molar-refractivity contribution in [3.8, 4) is 0 Å². The van der Waals surface area contributed by atoms with Crippen molar-refractivity contribution in [3.63, 3.8) is 0 Å². The fraction of sp³-hybridized carbons (Fsp3) is 0.800. The minimum atomic E-state index is -3.35. The third-order valence-electron chi connectivity index (χ3n) is 11.7. The fourth-order valence-electron chi connectivity index (χ4n) is 8.73. The van der Waals surface area contributed by atoms with E-state index in [9.17, 15) is 32.4 Å². The van der Waals surface area contributed by atoms with Gasteiger partial charge < -0.3 is 26.2 Å². The molecule has 6 atom stereocenters. The summed E-state index contributed by atoms with van der Waals surface area (Å²) in [6.07, 6.45) is 8.51. The zero-order valence-electron chi connectivity index (χ0n) is 29.2. The van der Waals surface area contributed by atoms with Crippen LogP contribution in [0.3, 0.4) is 0 Å². The summed E-state index contributed by atoms with van der Waals surface area (Å²) in [6.45, 7) is 13.7. The predicted molar refractivity (Wildman–Crippen MR) is 181 cm³/mol. The van der Waals surface area contributed by atoms with E-state index < -0.39 is 73.7 Å². The van der Waals surface area contributed by atoms with E-state index in [2.05, 4.69) is 41.7 Å². The molecule has 2 heterocycles. The van der Waals surface area contributed by atoms with Gasteiger partial charge in [-0.1, -0.05) is 72.8 Å². The van der Waals surface area contributed by atoms with E-state index >= 15 is 0 Å². The van der Waals surface area contributed by atoms with Gasteiger partial charge in [0, 0.05) is 13.1 Å². The standard InChI is InChI=1S/C35H55N5O7S/c1-7-17-36-30(43)27(41)23(19-21-13-14-21)37-29(42)26-25-22(34(25,5)6)20-40(26)31(44)28(33(2,3)4)38-32(45)39-35(15-9-8-10-16-35)24-12-11-18-48(24,46)47/h7,21-26,28H,1,8-20H2,2-6H3,(H,36,43)(H,37,42)(H2,38,39,45)/t22?,23?,24?,25-,26?,28-/m1/s1. The second-order valence-electron chi connectivity index (χ2n) is 16.6. The highest BCUT2D eigenvalue weighted by molar-refractivity contribution is 7.92. The molecule has 0 aromatic heterocycles. The van der Waals surface area contributed by atoms with Crippen LogP contribution in [0.1, 0.15) is 98.8 Å². The molecule has 5 rings (SSSR count). The van der Waals surface area contributed by atoms with Crippen LogP contribution in [0.5, 0.6) is 0 Å². The summed E-state index contributed by atoms with van der Waals surface area (Å²) in [4.78, 5) is 69.6. The third-order valence-corrected chi connectivity index (χ3v) is 14.1. The van der Waals surface area contributed by atoms with Crippen LogP contribution in [0.2, 0.25) is 0 Å². The first-order valence-electron chi connectivity index (χ1n) is 17.8. The average Bonchev–Trinajstić information content (AvgIpc) is 3.79. The molecule has 0 bridgehead atoms. The highest BCUT2D eigenvalue weighted by atomic mass is 32.2. The van der Waals surface area contributed by atoms with Crippen molar-refractivity contribution in [1.29, 1.82) is 0 Å². The van der Waals surface area contributed by atoms with Crippen molar-refractivity contribution in [2.75, 3.05) is 18.8 Å². The van der Waals surface area contributed by atoms with E-state index in [1.54, 1.807) is 4.90 Å². The highest BCUT2D eigenvalue weighted by Crippen LogP contribution is 2.65. The zero-order valence-corrected chi connectivity index (χ0v) is 30.0. The molecule has 4 N–H and O–H groups in total. The number of hydrogen-bond acceptors (Lipinski definition) is 7. The van der Waals surface area contributed by atoms with Gasteiger partial charge >= 0.3 is 6.03 Å². The van der Waals surface area contributed by atoms with E-state index in [4.69, 9.17) is 0 Å². The normalized spacial score (nSPS) is 29.5. The van der Waals surface area contributed by atoms with Crippen LogP contribution in [0.4, 0.5) is 4.79 Å². The molecular formula is C35H55N5O7S. The molecule has 3 aliphatic carbocycles. The Labute approximate surface area is 285 Å². The van der Waals surface area contributed by atoms with Gasteiger partial charge in [0.15, 0.2) is 9.84 Å². The lowest BCUT2D eigenvalue weighted by Crippen LogP contribution is -2.65. The van der Waals surface area contributed by atoms with Gasteiger partial charge in [-0.3, -0.25) is 19.2 Å². The summed E-state index contributed by atoms with van der Waals surface area (Å²) in [5, 5.41) is 10.7. The number of carbonyl (C=O) groups excluding carboxylic acids is 5. The summed E-state index contributed by atoms with van der Waals surface area (Å²) in [6, 6.07) is -3.47. The molecule has 0 radical (unpaired) electrons. The Morgan fingerprint density at radius 3 is 2.21 bits per heavy atom. The number of ketones is 1. The van der Waals surface area contributed by atoms with Crippen LogP contribution in [0, 0.1) is 28.6 Å². The molecule has 5 amide bonds. The van der Waals surface area contributed by atoms with Gasteiger partial charge in [-0.2, -0.15) is 0 Å². The van der Waals surface area contributed by atoms with Gasteiger partial charge in [0.05, 0.1) is 22.6 Å². The first-order chi connectivity index (χ1) is 22.4. The van der Waals surface area contributed by atoms with Crippen LogP contribution in [0.25, 0.3) is 0 Å². The van der Waals surface area contributed by atoms with E-state index in [0.29, 0.717) is 38.6 Å². The fourth-order valence-corrected chi connectivity index (χ4v) is 11.1. The summed E-state index contributed by atoms with van der Waals surface area (Å²) in [7, 11) is -3.35. The summed E-state index contributed by atoms with van der Waals surface area (Å²) >= 11 is 0. The number of nitrogens with one attached hydrogen (secondary N) is 4. The lowest BCUT2D eigenvalue weighted by molar-refractivity contribution is -0.145. The molecule has 13 heteroatoms. The van der Waals surface area contributed by atoms with Crippen LogP contribution in [0.15, 0.2) is 12.7 Å². The van der Waals surface area contributed by atoms with Crippen molar-refractivity contribution in [2.45, 2.75) is 128 Å². The summed E-state index contributed by atoms with van der Waals surface area (Å²) in [5.41, 5.74) is -1.82. The van der Waals surface area contributed by atoms with Crippen LogP contribution in [-0.2, 0) is 29.0 Å². The van der Waals surface area contributed by atoms with E-state index in [0.717, 1.165) is 32.1 Å². The number of piperidine rings is 1. The molecule has 2 aliphatic heterocycles. The van der Waals surface area contributed by atoms with Crippen LogP contribution in [-0.4, -0.2) is 90.6 Å². The maximum atomic E-state index is 14.5. The Hall–Kier alpha value is -2.96. The second kappa shape index (κ2) is 13.4. The van der Waals surface area contributed by atoms with E-state index in [1.165, 1.54) is 6.08 Å². The van der Waals surface area contributed by atoms with Gasteiger partial charge in [0.2, 0.25) is 17.6 Å². The number of Topliss-reactive ketones (excluding diaryl/α,β-unsaturated/α-hetero) is 1. The molecule has 12 nitrogen and oxygen atoms in total. The molecule has 4 unspecified atom stereocenters. The van der Waals surface area contributed by atoms with Crippen molar-refractivity contribution in [2.24, 2.45) is 28.6 Å². The quantitative estimate of drug-likeness (QED) is 0.180. The highest BCUT2D eigenvalue weighted by Gasteiger charge is 2.70. The number of rotatable bonds is 12. The van der Waals surface area contributed by atoms with Crippen molar-refractivity contribution in [1.82, 2.24) is 26.2 Å². The molecule has 48 heavy (non-hydrogen) atoms. The van der Waals surface area contributed by atoms with Gasteiger partial charge in [-0.25, -0.2) is 13.2 Å². The Morgan fingerprint density at radius 1 is 0.979 bits per heavy atom. The molecule has 0 spiro atoms. The monoisotopic (exact) mass is 689 g/mol. The number of sulfone groups is 1. The zero-order chi connectivity index (χ0) is 35.2. The average molecular weight is 690 g/mol. The number of carbonyl (C=O) groups is 5. The Morgan fingerprint density at radius 2 is 1.65 bits per heavy atom. The number of hydrogen-bond donors (Lipinski definition) is 4. The first-order valence-corrected chi connectivity index (χ1v) is 19.5. The number of urea groups is 1. The number of nitrogens with zero attached hydrogens (tertiary/aromatic N) is 1. The van der Waals surface area contributed by atoms with Gasteiger partial charge in [0.25, 0.3) is 5.91 Å². The summed E-state index contributed by atoms with van der Waals surface area (Å²) in [5.74, 6) is -2.07. The van der Waals surface area contributed by atoms with Gasteiger partial charge in [-0.15, -0.1) is 6.58 Å². The van der Waals surface area contributed by atoms with Gasteiger partial charge in [-0.05, 0) is 60.7 Å². The van der Waals surface area contributed by atoms with E-state index in [-0.39, 0.29) is 35.5 Å². The summed E-state index contributed by atoms with van der Waals surface area (Å²) < 4.78 is 26.1. The molecule has 2 saturated heterocycles.